The highest BCUT2D eigenvalue weighted by Gasteiger charge is 2.15. The van der Waals surface area contributed by atoms with Gasteiger partial charge in [-0.3, -0.25) is 0 Å². The second kappa shape index (κ2) is 4.27. The Labute approximate surface area is 106 Å². The van der Waals surface area contributed by atoms with Gasteiger partial charge in [0.1, 0.15) is 0 Å². The minimum absolute atomic E-state index is 1.13. The van der Waals surface area contributed by atoms with E-state index in [9.17, 15) is 0 Å². The van der Waals surface area contributed by atoms with Crippen molar-refractivity contribution in [3.8, 4) is 0 Å². The Kier molecular flexibility index (Phi) is 2.62. The third-order valence-electron chi connectivity index (χ3n) is 2.92. The van der Waals surface area contributed by atoms with Crippen LogP contribution in [0.2, 0.25) is 0 Å². The lowest BCUT2D eigenvalue weighted by Crippen LogP contribution is -1.96. The lowest BCUT2D eigenvalue weighted by atomic mass is 9.95. The Morgan fingerprint density at radius 1 is 0.765 bits per heavy atom. The van der Waals surface area contributed by atoms with Gasteiger partial charge in [-0.2, -0.15) is 0 Å². The van der Waals surface area contributed by atoms with E-state index in [4.69, 9.17) is 0 Å². The minimum Gasteiger partial charge on any atom is -0.0974 e. The summed E-state index contributed by atoms with van der Waals surface area (Å²) in [4.78, 5) is 1.13. The van der Waals surface area contributed by atoms with Gasteiger partial charge in [0.2, 0.25) is 0 Å². The highest BCUT2D eigenvalue weighted by molar-refractivity contribution is 8.11. The van der Waals surface area contributed by atoms with Gasteiger partial charge in [-0.25, -0.2) is 0 Å². The largest absolute Gasteiger partial charge is 0.0974 e. The van der Waals surface area contributed by atoms with Gasteiger partial charge in [-0.15, -0.1) is 0 Å². The van der Waals surface area contributed by atoms with Gasteiger partial charge in [-0.05, 0) is 27.7 Å². The normalized spacial score (nSPS) is 14.1. The molecular formula is C16H12S. The summed E-state index contributed by atoms with van der Waals surface area (Å²) < 4.78 is 0. The maximum absolute atomic E-state index is 4.10. The number of thioether (sulfide) groups is 1. The van der Waals surface area contributed by atoms with Crippen LogP contribution in [0, 0.1) is 0 Å². The van der Waals surface area contributed by atoms with Crippen LogP contribution in [0.25, 0.3) is 10.5 Å². The van der Waals surface area contributed by atoms with Crippen molar-refractivity contribution in [3.63, 3.8) is 0 Å². The quantitative estimate of drug-likeness (QED) is 0.685. The zero-order chi connectivity index (χ0) is 11.7. The summed E-state index contributed by atoms with van der Waals surface area (Å²) >= 11 is 1.71. The molecule has 1 aliphatic rings. The minimum atomic E-state index is 1.13. The van der Waals surface area contributed by atoms with Gasteiger partial charge in [0.05, 0.1) is 0 Å². The van der Waals surface area contributed by atoms with Gasteiger partial charge in [-0.1, -0.05) is 72.9 Å². The molecule has 0 aromatic heterocycles. The van der Waals surface area contributed by atoms with Gasteiger partial charge >= 0.3 is 0 Å². The molecule has 3 rings (SSSR count). The molecule has 0 fully saturated rings. The maximum atomic E-state index is 4.10. The first-order chi connectivity index (χ1) is 8.36. The standard InChI is InChI=1S/C16H12S/c1-12-14-9-5-6-10-15(14)16(11-17-12)13-7-3-2-4-8-13/h2-11H,1H2. The molecule has 0 aliphatic carbocycles. The summed E-state index contributed by atoms with van der Waals surface area (Å²) in [6.07, 6.45) is 0. The van der Waals surface area contributed by atoms with Crippen molar-refractivity contribution in [2.75, 3.05) is 0 Å². The first kappa shape index (κ1) is 10.4. The fraction of sp³-hybridized carbons (Fsp3) is 0. The molecule has 17 heavy (non-hydrogen) atoms. The van der Waals surface area contributed by atoms with E-state index in [0.29, 0.717) is 0 Å². The molecule has 1 heterocycles. The second-order valence-electron chi connectivity index (χ2n) is 3.98. The molecule has 1 heteroatoms. The van der Waals surface area contributed by atoms with Gasteiger partial charge in [0, 0.05) is 4.91 Å². The summed E-state index contributed by atoms with van der Waals surface area (Å²) in [6.45, 7) is 4.10. The third kappa shape index (κ3) is 1.83. The first-order valence-corrected chi connectivity index (χ1v) is 6.45. The second-order valence-corrected chi connectivity index (χ2v) is 4.95. The number of hydrogen-bond acceptors (Lipinski definition) is 1. The lowest BCUT2D eigenvalue weighted by Gasteiger charge is -2.19. The molecule has 0 N–H and O–H groups in total. The average Bonchev–Trinajstić information content (AvgIpc) is 2.41. The summed E-state index contributed by atoms with van der Waals surface area (Å²) in [5.74, 6) is 0. The van der Waals surface area contributed by atoms with Crippen LogP contribution in [0.1, 0.15) is 16.7 Å². The predicted molar refractivity (Wildman–Crippen MR) is 76.6 cm³/mol. The maximum Gasteiger partial charge on any atom is 0.0123 e. The van der Waals surface area contributed by atoms with Crippen LogP contribution in [-0.4, -0.2) is 0 Å². The number of benzene rings is 2. The van der Waals surface area contributed by atoms with Crippen molar-refractivity contribution in [1.82, 2.24) is 0 Å². The van der Waals surface area contributed by atoms with Gasteiger partial charge < -0.3 is 0 Å². The lowest BCUT2D eigenvalue weighted by molar-refractivity contribution is 1.52. The van der Waals surface area contributed by atoms with Crippen LogP contribution in [0.15, 0.2) is 66.6 Å². The molecule has 0 atom stereocenters. The van der Waals surface area contributed by atoms with E-state index in [0.717, 1.165) is 4.91 Å². The van der Waals surface area contributed by atoms with Gasteiger partial charge in [0.25, 0.3) is 0 Å². The highest BCUT2D eigenvalue weighted by Crippen LogP contribution is 2.41. The molecule has 0 saturated heterocycles. The number of rotatable bonds is 1. The summed E-state index contributed by atoms with van der Waals surface area (Å²) in [5.41, 5.74) is 5.08. The SMILES string of the molecule is C=C1SC=C(c2ccccc2)c2ccccc21. The average molecular weight is 236 g/mol. The van der Waals surface area contributed by atoms with Crippen LogP contribution in [0.5, 0.6) is 0 Å². The zero-order valence-corrected chi connectivity index (χ0v) is 10.2. The topological polar surface area (TPSA) is 0 Å². The molecule has 2 aromatic rings. The molecule has 0 unspecified atom stereocenters. The van der Waals surface area contributed by atoms with Crippen LogP contribution < -0.4 is 0 Å². The third-order valence-corrected chi connectivity index (χ3v) is 3.78. The van der Waals surface area contributed by atoms with Crippen molar-refractivity contribution in [2.24, 2.45) is 0 Å². The van der Waals surface area contributed by atoms with Crippen LogP contribution in [0.4, 0.5) is 0 Å². The number of hydrogen-bond donors (Lipinski definition) is 0. The van der Waals surface area contributed by atoms with E-state index in [2.05, 4.69) is 60.5 Å². The first-order valence-electron chi connectivity index (χ1n) is 5.57. The smallest absolute Gasteiger partial charge is 0.0123 e. The van der Waals surface area contributed by atoms with E-state index in [1.807, 2.05) is 6.07 Å². The van der Waals surface area contributed by atoms with E-state index in [-0.39, 0.29) is 0 Å². The molecular weight excluding hydrogens is 224 g/mol. The fourth-order valence-corrected chi connectivity index (χ4v) is 2.89. The molecule has 82 valence electrons. The molecule has 2 aromatic carbocycles. The highest BCUT2D eigenvalue weighted by atomic mass is 32.2. The van der Waals surface area contributed by atoms with Crippen molar-refractivity contribution in [1.29, 1.82) is 0 Å². The summed E-state index contributed by atoms with van der Waals surface area (Å²) in [6, 6.07) is 19.0. The monoisotopic (exact) mass is 236 g/mol. The summed E-state index contributed by atoms with van der Waals surface area (Å²) in [7, 11) is 0. The van der Waals surface area contributed by atoms with E-state index < -0.39 is 0 Å². The van der Waals surface area contributed by atoms with Crippen LogP contribution in [0.3, 0.4) is 0 Å². The molecule has 0 saturated carbocycles. The van der Waals surface area contributed by atoms with Crippen LogP contribution in [-0.2, 0) is 0 Å². The Bertz CT molecular complexity index is 594. The van der Waals surface area contributed by atoms with Gasteiger partial charge in [0.15, 0.2) is 0 Å². The molecule has 1 aliphatic heterocycles. The van der Waals surface area contributed by atoms with Crippen LogP contribution >= 0.6 is 11.8 Å². The zero-order valence-electron chi connectivity index (χ0n) is 9.39. The Hall–Kier alpha value is -1.73. The van der Waals surface area contributed by atoms with Crippen molar-refractivity contribution in [2.45, 2.75) is 0 Å². The summed E-state index contributed by atoms with van der Waals surface area (Å²) in [5, 5.41) is 2.19. The Morgan fingerprint density at radius 2 is 1.41 bits per heavy atom. The van der Waals surface area contributed by atoms with E-state index >= 15 is 0 Å². The molecule has 0 radical (unpaired) electrons. The molecule has 0 nitrogen and oxygen atoms in total. The molecule has 0 bridgehead atoms. The Morgan fingerprint density at radius 3 is 2.18 bits per heavy atom. The Balaban J connectivity index is 2.18. The van der Waals surface area contributed by atoms with Crippen molar-refractivity contribution >= 4 is 22.2 Å². The molecule has 0 amide bonds. The van der Waals surface area contributed by atoms with Crippen molar-refractivity contribution < 1.29 is 0 Å². The van der Waals surface area contributed by atoms with E-state index in [1.165, 1.54) is 22.3 Å². The van der Waals surface area contributed by atoms with Crippen molar-refractivity contribution in [3.05, 3.63) is 83.3 Å². The fourth-order valence-electron chi connectivity index (χ4n) is 2.06. The predicted octanol–water partition coefficient (Wildman–Crippen LogP) is 4.79. The number of fused-ring (bicyclic) bond motifs is 1. The molecule has 0 spiro atoms. The van der Waals surface area contributed by atoms with E-state index in [1.54, 1.807) is 11.8 Å².